The molecule has 154 valence electrons. The molecule has 0 saturated carbocycles. The summed E-state index contributed by atoms with van der Waals surface area (Å²) in [7, 11) is -3.58. The van der Waals surface area contributed by atoms with Crippen molar-refractivity contribution in [2.45, 2.75) is 43.9 Å². The Morgan fingerprint density at radius 1 is 1.21 bits per heavy atom. The highest BCUT2D eigenvalue weighted by molar-refractivity contribution is 7.89. The van der Waals surface area contributed by atoms with Crippen molar-refractivity contribution in [1.82, 2.24) is 13.7 Å². The Labute approximate surface area is 174 Å². The number of imidazole rings is 1. The number of hydrogen-bond acceptors (Lipinski definition) is 5. The van der Waals surface area contributed by atoms with E-state index in [0.29, 0.717) is 30.0 Å². The zero-order valence-corrected chi connectivity index (χ0v) is 17.9. The Kier molecular flexibility index (Phi) is 5.71. The second kappa shape index (κ2) is 8.25. The van der Waals surface area contributed by atoms with Crippen molar-refractivity contribution in [3.63, 3.8) is 0 Å². The minimum absolute atomic E-state index is 0.135. The van der Waals surface area contributed by atoms with Gasteiger partial charge in [-0.05, 0) is 37.5 Å². The molecule has 1 fully saturated rings. The number of aryl methyl sites for hydroxylation is 1. The molecule has 1 aliphatic rings. The molecule has 7 nitrogen and oxygen atoms in total. The molecule has 0 aliphatic carbocycles. The summed E-state index contributed by atoms with van der Waals surface area (Å²) in [6, 6.07) is 5.05. The summed E-state index contributed by atoms with van der Waals surface area (Å²) in [5, 5.41) is 4.75. The van der Waals surface area contributed by atoms with Crippen molar-refractivity contribution >= 4 is 37.9 Å². The van der Waals surface area contributed by atoms with E-state index in [9.17, 15) is 13.2 Å². The molecule has 1 N–H and O–H groups in total. The molecular formula is C20H24N4O3S2. The molecule has 0 unspecified atom stereocenters. The van der Waals surface area contributed by atoms with Gasteiger partial charge in [-0.15, -0.1) is 11.3 Å². The second-order valence-corrected chi connectivity index (χ2v) is 10.1. The van der Waals surface area contributed by atoms with Gasteiger partial charge in [-0.3, -0.25) is 9.20 Å². The largest absolute Gasteiger partial charge is 0.326 e. The molecule has 0 bridgehead atoms. The van der Waals surface area contributed by atoms with Crippen LogP contribution >= 0.6 is 11.3 Å². The van der Waals surface area contributed by atoms with Crippen LogP contribution in [0, 0.1) is 6.92 Å². The number of thiazole rings is 1. The third kappa shape index (κ3) is 4.36. The van der Waals surface area contributed by atoms with Gasteiger partial charge in [-0.1, -0.05) is 18.9 Å². The Morgan fingerprint density at radius 2 is 1.97 bits per heavy atom. The normalized spacial score (nSPS) is 16.0. The summed E-state index contributed by atoms with van der Waals surface area (Å²) >= 11 is 1.51. The molecule has 0 radical (unpaired) electrons. The zero-order valence-electron chi connectivity index (χ0n) is 16.3. The monoisotopic (exact) mass is 432 g/mol. The van der Waals surface area contributed by atoms with Gasteiger partial charge in [0.2, 0.25) is 15.9 Å². The molecule has 0 atom stereocenters. The van der Waals surface area contributed by atoms with Crippen LogP contribution in [0.15, 0.2) is 40.9 Å². The first-order chi connectivity index (χ1) is 13.9. The third-order valence-corrected chi connectivity index (χ3v) is 7.95. The third-order valence-electron chi connectivity index (χ3n) is 5.14. The van der Waals surface area contributed by atoms with Crippen molar-refractivity contribution in [3.8, 4) is 0 Å². The number of sulfonamides is 1. The fraction of sp³-hybridized carbons (Fsp3) is 0.400. The van der Waals surface area contributed by atoms with Gasteiger partial charge in [0.05, 0.1) is 17.0 Å². The zero-order chi connectivity index (χ0) is 20.4. The van der Waals surface area contributed by atoms with E-state index in [1.54, 1.807) is 29.4 Å². The van der Waals surface area contributed by atoms with E-state index in [-0.39, 0.29) is 17.2 Å². The number of rotatable bonds is 5. The lowest BCUT2D eigenvalue weighted by Gasteiger charge is -2.21. The number of anilines is 1. The van der Waals surface area contributed by atoms with Crippen LogP contribution in [-0.4, -0.2) is 41.1 Å². The number of aromatic nitrogens is 2. The highest BCUT2D eigenvalue weighted by atomic mass is 32.2. The maximum atomic E-state index is 13.2. The second-order valence-electron chi connectivity index (χ2n) is 7.35. The molecule has 1 amide bonds. The molecule has 29 heavy (non-hydrogen) atoms. The number of carbonyl (C=O) groups excluding carboxylic acids is 1. The van der Waals surface area contributed by atoms with Crippen LogP contribution in [0.5, 0.6) is 0 Å². The van der Waals surface area contributed by atoms with Gasteiger partial charge in [0.1, 0.15) is 0 Å². The lowest BCUT2D eigenvalue weighted by atomic mass is 10.2. The van der Waals surface area contributed by atoms with Gasteiger partial charge in [0.25, 0.3) is 0 Å². The van der Waals surface area contributed by atoms with Crippen LogP contribution in [0.25, 0.3) is 4.96 Å². The number of benzene rings is 1. The van der Waals surface area contributed by atoms with E-state index in [1.165, 1.54) is 11.3 Å². The van der Waals surface area contributed by atoms with Crippen molar-refractivity contribution in [2.24, 2.45) is 0 Å². The molecule has 4 rings (SSSR count). The molecule has 9 heteroatoms. The predicted octanol–water partition coefficient (Wildman–Crippen LogP) is 3.45. The minimum Gasteiger partial charge on any atom is -0.326 e. The van der Waals surface area contributed by atoms with Crippen molar-refractivity contribution in [3.05, 3.63) is 47.2 Å². The molecule has 2 aromatic heterocycles. The Hall–Kier alpha value is -2.23. The first-order valence-electron chi connectivity index (χ1n) is 9.75. The van der Waals surface area contributed by atoms with Crippen molar-refractivity contribution in [2.75, 3.05) is 18.4 Å². The lowest BCUT2D eigenvalue weighted by molar-refractivity contribution is -0.115. The number of amides is 1. The molecule has 3 aromatic rings. The number of nitrogens with one attached hydrogen (secondary N) is 1. The standard InChI is InChI=1S/C20H24N4O3S2/c1-15-6-7-16(12-18(15)29(26,27)24-8-4-2-3-5-9-24)21-19(25)13-17-14-23-10-11-28-20(23)22-17/h6-7,10-12,14H,2-5,8-9,13H2,1H3,(H,21,25). The molecule has 3 heterocycles. The molecule has 1 aromatic carbocycles. The molecule has 0 spiro atoms. The highest BCUT2D eigenvalue weighted by Gasteiger charge is 2.27. The van der Waals surface area contributed by atoms with Crippen LogP contribution in [0.3, 0.4) is 0 Å². The summed E-state index contributed by atoms with van der Waals surface area (Å²) in [5.74, 6) is -0.224. The quantitative estimate of drug-likeness (QED) is 0.669. The van der Waals surface area contributed by atoms with Gasteiger partial charge in [0.15, 0.2) is 4.96 Å². The molecule has 1 aliphatic heterocycles. The van der Waals surface area contributed by atoms with Gasteiger partial charge in [-0.2, -0.15) is 4.31 Å². The summed E-state index contributed by atoms with van der Waals surface area (Å²) in [6.45, 7) is 2.89. The van der Waals surface area contributed by atoms with Crippen molar-refractivity contribution in [1.29, 1.82) is 0 Å². The van der Waals surface area contributed by atoms with Gasteiger partial charge in [0, 0.05) is 36.6 Å². The van der Waals surface area contributed by atoms with Crippen molar-refractivity contribution < 1.29 is 13.2 Å². The van der Waals surface area contributed by atoms with Crippen LogP contribution in [0.2, 0.25) is 0 Å². The van der Waals surface area contributed by atoms with Crippen LogP contribution < -0.4 is 5.32 Å². The maximum Gasteiger partial charge on any atom is 0.243 e. The molecule has 1 saturated heterocycles. The van der Waals surface area contributed by atoms with Crippen LogP contribution in [-0.2, 0) is 21.2 Å². The van der Waals surface area contributed by atoms with Crippen LogP contribution in [0.4, 0.5) is 5.69 Å². The Morgan fingerprint density at radius 3 is 2.69 bits per heavy atom. The number of hydrogen-bond donors (Lipinski definition) is 1. The lowest BCUT2D eigenvalue weighted by Crippen LogP contribution is -2.32. The van der Waals surface area contributed by atoms with Gasteiger partial charge in [-0.25, -0.2) is 13.4 Å². The fourth-order valence-corrected chi connectivity index (χ4v) is 6.09. The minimum atomic E-state index is -3.58. The van der Waals surface area contributed by atoms with Crippen LogP contribution in [0.1, 0.15) is 36.9 Å². The average molecular weight is 433 g/mol. The summed E-state index contributed by atoms with van der Waals surface area (Å²) in [4.78, 5) is 18.0. The van der Waals surface area contributed by atoms with Gasteiger partial charge >= 0.3 is 0 Å². The van der Waals surface area contributed by atoms with E-state index >= 15 is 0 Å². The summed E-state index contributed by atoms with van der Waals surface area (Å²) in [6.07, 6.45) is 7.76. The molecular weight excluding hydrogens is 408 g/mol. The Bertz CT molecular complexity index is 1100. The number of fused-ring (bicyclic) bond motifs is 1. The maximum absolute atomic E-state index is 13.2. The van der Waals surface area contributed by atoms with E-state index in [1.807, 2.05) is 22.2 Å². The van der Waals surface area contributed by atoms with E-state index in [0.717, 1.165) is 30.6 Å². The summed E-state index contributed by atoms with van der Waals surface area (Å²) < 4.78 is 29.8. The number of carbonyl (C=O) groups is 1. The topological polar surface area (TPSA) is 83.8 Å². The Balaban J connectivity index is 1.51. The highest BCUT2D eigenvalue weighted by Crippen LogP contribution is 2.26. The van der Waals surface area contributed by atoms with E-state index in [4.69, 9.17) is 0 Å². The van der Waals surface area contributed by atoms with Gasteiger partial charge < -0.3 is 5.32 Å². The summed E-state index contributed by atoms with van der Waals surface area (Å²) in [5.41, 5.74) is 1.84. The smallest absolute Gasteiger partial charge is 0.243 e. The fourth-order valence-electron chi connectivity index (χ4n) is 3.61. The average Bonchev–Trinajstić information content (AvgIpc) is 3.13. The first kappa shape index (κ1) is 20.1. The number of nitrogens with zero attached hydrogens (tertiary/aromatic N) is 3. The predicted molar refractivity (Wildman–Crippen MR) is 114 cm³/mol. The SMILES string of the molecule is Cc1ccc(NC(=O)Cc2cn3ccsc3n2)cc1S(=O)(=O)N1CCCCCC1. The van der Waals surface area contributed by atoms with E-state index < -0.39 is 10.0 Å². The van der Waals surface area contributed by atoms with E-state index in [2.05, 4.69) is 10.3 Å². The first-order valence-corrected chi connectivity index (χ1v) is 12.1.